The van der Waals surface area contributed by atoms with E-state index < -0.39 is 0 Å². The predicted molar refractivity (Wildman–Crippen MR) is 93.3 cm³/mol. The first-order chi connectivity index (χ1) is 10.9. The van der Waals surface area contributed by atoms with Crippen molar-refractivity contribution in [3.05, 3.63) is 44.3 Å². The molecule has 2 heterocycles. The zero-order chi connectivity index (χ0) is 17.0. The van der Waals surface area contributed by atoms with Crippen LogP contribution in [0.3, 0.4) is 0 Å². The lowest BCUT2D eigenvalue weighted by molar-refractivity contribution is 0.252. The quantitative estimate of drug-likeness (QED) is 0.882. The smallest absolute Gasteiger partial charge is 0.319 e. The fraction of sp³-hybridized carbons (Fsp3) is 0.438. The molecule has 0 spiro atoms. The Morgan fingerprint density at radius 3 is 2.83 bits per heavy atom. The van der Waals surface area contributed by atoms with Gasteiger partial charge in [-0.05, 0) is 12.5 Å². The van der Waals surface area contributed by atoms with E-state index in [-0.39, 0.29) is 11.6 Å². The molecule has 2 N–H and O–H groups in total. The molecule has 0 aliphatic rings. The zero-order valence-electron chi connectivity index (χ0n) is 13.8. The van der Waals surface area contributed by atoms with Crippen LogP contribution in [0.2, 0.25) is 0 Å². The Labute approximate surface area is 139 Å². The number of pyridine rings is 1. The number of amides is 2. The molecule has 124 valence electrons. The van der Waals surface area contributed by atoms with Gasteiger partial charge in [0.15, 0.2) is 0 Å². The number of anilines is 1. The maximum absolute atomic E-state index is 11.9. The minimum Gasteiger partial charge on any atom is -0.337 e. The van der Waals surface area contributed by atoms with Crippen LogP contribution in [0, 0.1) is 6.92 Å². The Kier molecular flexibility index (Phi) is 5.54. The lowest BCUT2D eigenvalue weighted by Crippen LogP contribution is -2.31. The van der Waals surface area contributed by atoms with Crippen molar-refractivity contribution in [3.8, 4) is 0 Å². The number of hydrogen-bond acceptors (Lipinski definition) is 4. The van der Waals surface area contributed by atoms with E-state index in [1.807, 2.05) is 5.38 Å². The average molecular weight is 334 g/mol. The largest absolute Gasteiger partial charge is 0.337 e. The first kappa shape index (κ1) is 17.2. The van der Waals surface area contributed by atoms with Crippen molar-refractivity contribution >= 4 is 23.1 Å². The van der Waals surface area contributed by atoms with Crippen LogP contribution in [0.15, 0.2) is 22.4 Å². The van der Waals surface area contributed by atoms with Crippen LogP contribution in [-0.2, 0) is 13.5 Å². The van der Waals surface area contributed by atoms with Gasteiger partial charge in [-0.15, -0.1) is 11.3 Å². The highest BCUT2D eigenvalue weighted by Crippen LogP contribution is 2.19. The van der Waals surface area contributed by atoms with Gasteiger partial charge in [0.25, 0.3) is 5.56 Å². The van der Waals surface area contributed by atoms with Gasteiger partial charge in [-0.25, -0.2) is 9.78 Å². The molecule has 0 aliphatic heterocycles. The van der Waals surface area contributed by atoms with E-state index in [4.69, 9.17) is 0 Å². The summed E-state index contributed by atoms with van der Waals surface area (Å²) in [5.41, 5.74) is 2.26. The van der Waals surface area contributed by atoms with Crippen molar-refractivity contribution in [1.82, 2.24) is 14.9 Å². The van der Waals surface area contributed by atoms with Gasteiger partial charge in [0.1, 0.15) is 0 Å². The molecule has 2 aromatic rings. The van der Waals surface area contributed by atoms with Crippen molar-refractivity contribution in [3.63, 3.8) is 0 Å². The van der Waals surface area contributed by atoms with Gasteiger partial charge in [-0.3, -0.25) is 4.79 Å². The van der Waals surface area contributed by atoms with Gasteiger partial charge < -0.3 is 15.2 Å². The van der Waals surface area contributed by atoms with Crippen LogP contribution in [0.1, 0.15) is 36.0 Å². The maximum atomic E-state index is 11.9. The Morgan fingerprint density at radius 1 is 1.43 bits per heavy atom. The van der Waals surface area contributed by atoms with Gasteiger partial charge in [-0.1, -0.05) is 13.8 Å². The number of nitrogens with zero attached hydrogens (tertiary/aromatic N) is 2. The third-order valence-electron chi connectivity index (χ3n) is 3.41. The summed E-state index contributed by atoms with van der Waals surface area (Å²) in [5.74, 6) is 0.428. The molecule has 7 heteroatoms. The first-order valence-corrected chi connectivity index (χ1v) is 8.41. The second-order valence-corrected chi connectivity index (χ2v) is 6.67. The van der Waals surface area contributed by atoms with E-state index in [1.165, 1.54) is 10.6 Å². The number of carbonyl (C=O) groups is 1. The summed E-state index contributed by atoms with van der Waals surface area (Å²) in [6.45, 7) is 6.53. The highest BCUT2D eigenvalue weighted by molar-refractivity contribution is 7.09. The van der Waals surface area contributed by atoms with E-state index in [1.54, 1.807) is 31.5 Å². The van der Waals surface area contributed by atoms with Crippen LogP contribution in [0.25, 0.3) is 0 Å². The van der Waals surface area contributed by atoms with Gasteiger partial charge >= 0.3 is 6.03 Å². The highest BCUT2D eigenvalue weighted by Gasteiger charge is 2.08. The van der Waals surface area contributed by atoms with Gasteiger partial charge in [0.05, 0.1) is 16.4 Å². The predicted octanol–water partition coefficient (Wildman–Crippen LogP) is 2.64. The van der Waals surface area contributed by atoms with E-state index >= 15 is 0 Å². The standard InChI is InChI=1S/C16H22N4O2S/c1-10(2)15-18-12(9-23-15)5-6-17-16(22)19-13-8-20(4)14(21)7-11(13)3/h7-10H,5-6H2,1-4H3,(H2,17,19,22). The number of nitrogens with one attached hydrogen (secondary N) is 2. The molecule has 0 radical (unpaired) electrons. The molecule has 0 saturated carbocycles. The minimum atomic E-state index is -0.286. The normalized spacial score (nSPS) is 10.8. The molecule has 0 unspecified atom stereocenters. The molecule has 0 aromatic carbocycles. The molecular formula is C16H22N4O2S. The number of rotatable bonds is 5. The van der Waals surface area contributed by atoms with Crippen molar-refractivity contribution in [1.29, 1.82) is 0 Å². The molecular weight excluding hydrogens is 312 g/mol. The van der Waals surface area contributed by atoms with E-state index in [2.05, 4.69) is 29.5 Å². The molecule has 2 rings (SSSR count). The first-order valence-electron chi connectivity index (χ1n) is 7.53. The number of aromatic nitrogens is 2. The van der Waals surface area contributed by atoms with Crippen molar-refractivity contribution in [2.45, 2.75) is 33.1 Å². The molecule has 0 atom stereocenters. The summed E-state index contributed by atoms with van der Waals surface area (Å²) in [6.07, 6.45) is 2.31. The fourth-order valence-electron chi connectivity index (χ4n) is 2.03. The van der Waals surface area contributed by atoms with Gasteiger partial charge in [0, 0.05) is 43.6 Å². The second-order valence-electron chi connectivity index (χ2n) is 5.78. The van der Waals surface area contributed by atoms with Crippen LogP contribution < -0.4 is 16.2 Å². The second kappa shape index (κ2) is 7.41. The number of hydrogen-bond donors (Lipinski definition) is 2. The molecule has 0 aliphatic carbocycles. The summed E-state index contributed by atoms with van der Waals surface area (Å²) in [7, 11) is 1.65. The zero-order valence-corrected chi connectivity index (χ0v) is 14.7. The molecule has 0 bridgehead atoms. The third kappa shape index (κ3) is 4.66. The van der Waals surface area contributed by atoms with E-state index in [9.17, 15) is 9.59 Å². The number of urea groups is 1. The molecule has 6 nitrogen and oxygen atoms in total. The lowest BCUT2D eigenvalue weighted by Gasteiger charge is -2.10. The Bertz CT molecular complexity index is 749. The van der Waals surface area contributed by atoms with Crippen molar-refractivity contribution < 1.29 is 4.79 Å². The summed E-state index contributed by atoms with van der Waals surface area (Å²) >= 11 is 1.65. The SMILES string of the molecule is Cc1cc(=O)n(C)cc1NC(=O)NCCc1csc(C(C)C)n1. The van der Waals surface area contributed by atoms with Gasteiger partial charge in [-0.2, -0.15) is 0 Å². The fourth-order valence-corrected chi connectivity index (χ4v) is 2.90. The van der Waals surface area contributed by atoms with E-state index in [0.29, 0.717) is 24.6 Å². The molecule has 0 fully saturated rings. The molecule has 2 amide bonds. The number of thiazole rings is 1. The minimum absolute atomic E-state index is 0.0991. The molecule has 0 saturated heterocycles. The topological polar surface area (TPSA) is 76.0 Å². The average Bonchev–Trinajstić information content (AvgIpc) is 2.94. The lowest BCUT2D eigenvalue weighted by atomic mass is 10.2. The van der Waals surface area contributed by atoms with Crippen molar-refractivity contribution in [2.75, 3.05) is 11.9 Å². The maximum Gasteiger partial charge on any atom is 0.319 e. The monoisotopic (exact) mass is 334 g/mol. The number of aryl methyl sites for hydroxylation is 2. The highest BCUT2D eigenvalue weighted by atomic mass is 32.1. The Balaban J connectivity index is 1.85. The van der Waals surface area contributed by atoms with Gasteiger partial charge in [0.2, 0.25) is 0 Å². The van der Waals surface area contributed by atoms with Crippen LogP contribution >= 0.6 is 11.3 Å². The van der Waals surface area contributed by atoms with Crippen LogP contribution in [0.5, 0.6) is 0 Å². The summed E-state index contributed by atoms with van der Waals surface area (Å²) < 4.78 is 1.44. The summed E-state index contributed by atoms with van der Waals surface area (Å²) in [5, 5.41) is 8.72. The Hall–Kier alpha value is -2.15. The van der Waals surface area contributed by atoms with Crippen molar-refractivity contribution in [2.24, 2.45) is 7.05 Å². The van der Waals surface area contributed by atoms with Crippen LogP contribution in [-0.4, -0.2) is 22.1 Å². The molecule has 23 heavy (non-hydrogen) atoms. The number of carbonyl (C=O) groups excluding carboxylic acids is 1. The Morgan fingerprint density at radius 2 is 2.17 bits per heavy atom. The summed E-state index contributed by atoms with van der Waals surface area (Å²) in [4.78, 5) is 28.0. The summed E-state index contributed by atoms with van der Waals surface area (Å²) in [6, 6.07) is 1.21. The molecule has 2 aromatic heterocycles. The third-order valence-corrected chi connectivity index (χ3v) is 4.61. The van der Waals surface area contributed by atoms with Crippen LogP contribution in [0.4, 0.5) is 10.5 Å². The van der Waals surface area contributed by atoms with E-state index in [0.717, 1.165) is 16.3 Å².